The van der Waals surface area contributed by atoms with Gasteiger partial charge in [-0.25, -0.2) is 4.21 Å². The molecule has 0 spiro atoms. The molecule has 1 heterocycles. The molecular weight excluding hydrogens is 528 g/mol. The van der Waals surface area contributed by atoms with Crippen LogP contribution in [0, 0.1) is 0 Å². The first kappa shape index (κ1) is 26.4. The minimum absolute atomic E-state index is 0.103. The molecule has 1 atom stereocenters. The van der Waals surface area contributed by atoms with E-state index in [1.54, 1.807) is 7.11 Å². The summed E-state index contributed by atoms with van der Waals surface area (Å²) in [5, 5.41) is 7.26. The first-order valence-corrected chi connectivity index (χ1v) is 14.4. The van der Waals surface area contributed by atoms with Crippen molar-refractivity contribution in [1.29, 1.82) is 0 Å². The summed E-state index contributed by atoms with van der Waals surface area (Å²) in [5.41, 5.74) is 3.52. The van der Waals surface area contributed by atoms with E-state index < -0.39 is 11.0 Å². The summed E-state index contributed by atoms with van der Waals surface area (Å²) < 4.78 is 26.6. The number of ether oxygens (including phenoxy) is 1. The lowest BCUT2D eigenvalue weighted by atomic mass is 10.0. The Morgan fingerprint density at radius 1 is 0.897 bits per heavy atom. The summed E-state index contributed by atoms with van der Waals surface area (Å²) in [7, 11) is 0.261. The van der Waals surface area contributed by atoms with Gasteiger partial charge in [-0.3, -0.25) is 4.79 Å². The number of nitrogens with one attached hydrogen (secondary N) is 3. The van der Waals surface area contributed by atoms with Crippen LogP contribution in [0.3, 0.4) is 0 Å². The number of carbonyl (C=O) groups is 1. The molecule has 0 fully saturated rings. The van der Waals surface area contributed by atoms with Gasteiger partial charge in [0.25, 0.3) is 5.91 Å². The van der Waals surface area contributed by atoms with Crippen molar-refractivity contribution in [3.8, 4) is 16.9 Å². The molecule has 3 N–H and O–H groups in total. The molecule has 1 amide bonds. The van der Waals surface area contributed by atoms with Crippen molar-refractivity contribution in [3.05, 3.63) is 103 Å². The molecule has 0 radical (unpaired) electrons. The lowest BCUT2D eigenvalue weighted by Gasteiger charge is -2.08. The highest BCUT2D eigenvalue weighted by Gasteiger charge is 2.11. The Hall–Kier alpha value is -4.21. The van der Waals surface area contributed by atoms with Gasteiger partial charge in [0, 0.05) is 29.7 Å². The van der Waals surface area contributed by atoms with Crippen LogP contribution in [0.2, 0.25) is 0 Å². The third kappa shape index (κ3) is 6.63. The van der Waals surface area contributed by atoms with Gasteiger partial charge in [0.2, 0.25) is 0 Å². The number of para-hydroxylation sites is 1. The number of methoxy groups -OCH3 is 1. The molecule has 4 aromatic carbocycles. The summed E-state index contributed by atoms with van der Waals surface area (Å²) in [4.78, 5) is 13.3. The zero-order valence-electron chi connectivity index (χ0n) is 21.3. The van der Waals surface area contributed by atoms with Crippen molar-refractivity contribution in [3.63, 3.8) is 0 Å². The highest BCUT2D eigenvalue weighted by Crippen LogP contribution is 2.29. The van der Waals surface area contributed by atoms with Crippen molar-refractivity contribution in [2.75, 3.05) is 30.2 Å². The van der Waals surface area contributed by atoms with Gasteiger partial charge in [0.1, 0.15) is 22.6 Å². The van der Waals surface area contributed by atoms with Gasteiger partial charge in [-0.15, -0.1) is 0 Å². The number of hydrogen-bond acceptors (Lipinski definition) is 6. The first-order chi connectivity index (χ1) is 19.1. The molecule has 0 bridgehead atoms. The maximum atomic E-state index is 12.8. The molecule has 9 heteroatoms. The van der Waals surface area contributed by atoms with E-state index in [4.69, 9.17) is 4.74 Å². The number of hydrogen-bond donors (Lipinski definition) is 3. The lowest BCUT2D eigenvalue weighted by Crippen LogP contribution is -2.25. The molecule has 198 valence electrons. The second-order valence-corrected chi connectivity index (χ2v) is 10.8. The Morgan fingerprint density at radius 2 is 1.62 bits per heavy atom. The number of amides is 1. The molecule has 0 aliphatic heterocycles. The van der Waals surface area contributed by atoms with Crippen LogP contribution in [0.1, 0.15) is 16.8 Å². The average Bonchev–Trinajstić information content (AvgIpc) is 3.39. The third-order valence-corrected chi connectivity index (χ3v) is 8.07. The number of carbonyl (C=O) groups excluding carboxylic acids is 1. The number of aromatic nitrogens is 1. The number of nitrogens with zero attached hydrogens (tertiary/aromatic N) is 1. The van der Waals surface area contributed by atoms with E-state index in [2.05, 4.69) is 19.7 Å². The monoisotopic (exact) mass is 556 g/mol. The minimum atomic E-state index is -1.38. The highest BCUT2D eigenvalue weighted by molar-refractivity contribution is 7.86. The molecule has 5 aromatic rings. The van der Waals surface area contributed by atoms with Crippen LogP contribution in [0.15, 0.2) is 102 Å². The summed E-state index contributed by atoms with van der Waals surface area (Å²) >= 11 is 1.40. The minimum Gasteiger partial charge on any atom is -0.497 e. The van der Waals surface area contributed by atoms with E-state index in [1.807, 2.05) is 97.1 Å². The number of benzene rings is 4. The van der Waals surface area contributed by atoms with Gasteiger partial charge in [-0.2, -0.15) is 4.37 Å². The van der Waals surface area contributed by atoms with Crippen LogP contribution >= 0.6 is 11.5 Å². The van der Waals surface area contributed by atoms with Gasteiger partial charge in [-0.1, -0.05) is 42.5 Å². The molecule has 0 saturated carbocycles. The predicted molar refractivity (Wildman–Crippen MR) is 160 cm³/mol. The maximum Gasteiger partial charge on any atom is 0.251 e. The van der Waals surface area contributed by atoms with Gasteiger partial charge in [0.05, 0.1) is 16.7 Å². The zero-order chi connectivity index (χ0) is 27.0. The van der Waals surface area contributed by atoms with E-state index in [9.17, 15) is 9.00 Å². The smallest absolute Gasteiger partial charge is 0.251 e. The maximum absolute atomic E-state index is 12.8. The van der Waals surface area contributed by atoms with E-state index in [1.165, 1.54) is 11.5 Å². The fraction of sp³-hybridized carbons (Fsp3) is 0.133. The van der Waals surface area contributed by atoms with E-state index in [-0.39, 0.29) is 5.91 Å². The van der Waals surface area contributed by atoms with Gasteiger partial charge < -0.3 is 20.1 Å². The van der Waals surface area contributed by atoms with Gasteiger partial charge >= 0.3 is 0 Å². The van der Waals surface area contributed by atoms with Crippen LogP contribution in [-0.4, -0.2) is 34.7 Å². The molecule has 5 rings (SSSR count). The third-order valence-electron chi connectivity index (χ3n) is 6.14. The van der Waals surface area contributed by atoms with Crippen molar-refractivity contribution in [2.24, 2.45) is 0 Å². The molecule has 0 aliphatic rings. The van der Waals surface area contributed by atoms with E-state index in [0.717, 1.165) is 44.9 Å². The van der Waals surface area contributed by atoms with Crippen molar-refractivity contribution >= 4 is 50.0 Å². The lowest BCUT2D eigenvalue weighted by molar-refractivity contribution is 0.0953. The molecule has 0 saturated heterocycles. The number of anilines is 2. The molecule has 7 nitrogen and oxygen atoms in total. The van der Waals surface area contributed by atoms with Crippen LogP contribution in [0.5, 0.6) is 5.75 Å². The number of fused-ring (bicyclic) bond motifs is 1. The first-order valence-electron chi connectivity index (χ1n) is 12.5. The fourth-order valence-corrected chi connectivity index (χ4v) is 5.65. The quantitative estimate of drug-likeness (QED) is 0.165. The Labute approximate surface area is 234 Å². The Morgan fingerprint density at radius 3 is 2.33 bits per heavy atom. The van der Waals surface area contributed by atoms with Crippen LogP contribution in [0.25, 0.3) is 21.2 Å². The average molecular weight is 557 g/mol. The fourth-order valence-electron chi connectivity index (χ4n) is 4.03. The summed E-state index contributed by atoms with van der Waals surface area (Å²) in [6.07, 6.45) is 0.732. The Balaban J connectivity index is 1.11. The van der Waals surface area contributed by atoms with Crippen molar-refractivity contribution < 1.29 is 13.7 Å². The number of rotatable bonds is 11. The molecule has 0 aliphatic carbocycles. The van der Waals surface area contributed by atoms with Gasteiger partial charge in [0.15, 0.2) is 0 Å². The van der Waals surface area contributed by atoms with Crippen LogP contribution in [-0.2, 0) is 11.0 Å². The van der Waals surface area contributed by atoms with E-state index in [0.29, 0.717) is 23.5 Å². The predicted octanol–water partition coefficient (Wildman–Crippen LogP) is 6.34. The topological polar surface area (TPSA) is 92.3 Å². The van der Waals surface area contributed by atoms with Gasteiger partial charge in [-0.05, 0) is 83.7 Å². The Kier molecular flexibility index (Phi) is 8.50. The molecular formula is C30H28N4O3S2. The standard InChI is InChI=1S/C30H28N4O3S2/c1-37-25-14-12-22(13-15-25)21-8-10-23(11-9-21)30(35)32-19-5-18-31-29-27-20-26(16-17-28(27)38-33-29)39(36)34-24-6-3-2-4-7-24/h2-4,6-17,20,34H,5,18-19H2,1H3,(H,31,33)(H,32,35). The second-order valence-electron chi connectivity index (χ2n) is 8.77. The summed E-state index contributed by atoms with van der Waals surface area (Å²) in [6, 6.07) is 30.6. The Bertz CT molecular complexity index is 1570. The van der Waals surface area contributed by atoms with Crippen LogP contribution in [0.4, 0.5) is 11.5 Å². The largest absolute Gasteiger partial charge is 0.497 e. The molecule has 39 heavy (non-hydrogen) atoms. The van der Waals surface area contributed by atoms with Crippen molar-refractivity contribution in [1.82, 2.24) is 9.69 Å². The molecule has 1 aromatic heterocycles. The zero-order valence-corrected chi connectivity index (χ0v) is 23.0. The van der Waals surface area contributed by atoms with Crippen molar-refractivity contribution in [2.45, 2.75) is 11.3 Å². The van der Waals surface area contributed by atoms with Crippen LogP contribution < -0.4 is 20.1 Å². The summed E-state index contributed by atoms with van der Waals surface area (Å²) in [6.45, 7) is 1.18. The van der Waals surface area contributed by atoms with E-state index >= 15 is 0 Å². The highest BCUT2D eigenvalue weighted by atomic mass is 32.2. The SMILES string of the molecule is COc1ccc(-c2ccc(C(=O)NCCCNc3nsc4ccc(S(=O)Nc5ccccc5)cc34)cc2)cc1. The normalized spacial score (nSPS) is 11.6. The molecule has 1 unspecified atom stereocenters. The summed E-state index contributed by atoms with van der Waals surface area (Å²) in [5.74, 6) is 1.46. The second kappa shape index (κ2) is 12.6.